The lowest BCUT2D eigenvalue weighted by Gasteiger charge is -2.22. The molecule has 0 amide bonds. The Morgan fingerprint density at radius 2 is 1.00 bits per heavy atom. The van der Waals surface area contributed by atoms with E-state index in [1.54, 1.807) is 0 Å². The third kappa shape index (κ3) is 43.0. The van der Waals surface area contributed by atoms with Crippen LogP contribution < -0.4 is 11.0 Å². The highest BCUT2D eigenvalue weighted by Gasteiger charge is 2.10. The van der Waals surface area contributed by atoms with Gasteiger partial charge in [0.05, 0.1) is 12.7 Å². The zero-order chi connectivity index (χ0) is 43.1. The quantitative estimate of drug-likeness (QED) is 0.0138. The van der Waals surface area contributed by atoms with Crippen molar-refractivity contribution in [3.05, 3.63) is 0 Å². The van der Waals surface area contributed by atoms with Crippen LogP contribution in [0.1, 0.15) is 239 Å². The molecule has 0 saturated heterocycles. The molecule has 0 bridgehead atoms. The van der Waals surface area contributed by atoms with Gasteiger partial charge in [-0.15, -0.1) is 5.59 Å². The Bertz CT molecular complexity index is 864. The van der Waals surface area contributed by atoms with Crippen molar-refractivity contribution in [2.45, 2.75) is 245 Å². The first-order valence-electron chi connectivity index (χ1n) is 25.4. The molecule has 0 saturated carbocycles. The minimum atomic E-state index is -0.0217. The van der Waals surface area contributed by atoms with Crippen LogP contribution in [-0.2, 0) is 19.0 Å². The monoisotopic (exact) mass is 840 g/mol. The molecular weight excluding hydrogens is 739 g/mol. The van der Waals surface area contributed by atoms with E-state index >= 15 is 0 Å². The van der Waals surface area contributed by atoms with Crippen molar-refractivity contribution in [1.82, 2.24) is 20.8 Å². The van der Waals surface area contributed by atoms with Gasteiger partial charge >= 0.3 is 5.97 Å². The number of nitrogens with zero attached hydrogens (tertiary/aromatic N) is 3. The van der Waals surface area contributed by atoms with E-state index in [-0.39, 0.29) is 5.97 Å². The lowest BCUT2D eigenvalue weighted by atomic mass is 10.0. The maximum Gasteiger partial charge on any atom is 0.305 e. The summed E-state index contributed by atoms with van der Waals surface area (Å²) in [5.74, 6) is 0.598. The van der Waals surface area contributed by atoms with Crippen molar-refractivity contribution in [1.29, 1.82) is 0 Å². The summed E-state index contributed by atoms with van der Waals surface area (Å²) in [5, 5.41) is 9.04. The molecule has 352 valence electrons. The summed E-state index contributed by atoms with van der Waals surface area (Å²) in [6, 6.07) is 0. The van der Waals surface area contributed by atoms with Crippen LogP contribution in [0.25, 0.3) is 0 Å². The third-order valence-electron chi connectivity index (χ3n) is 11.5. The number of rotatable bonds is 47. The molecule has 0 aromatic carbocycles. The van der Waals surface area contributed by atoms with Gasteiger partial charge in [-0.3, -0.25) is 20.4 Å². The van der Waals surface area contributed by atoms with Gasteiger partial charge < -0.3 is 24.0 Å². The molecule has 0 fully saturated rings. The van der Waals surface area contributed by atoms with E-state index < -0.39 is 0 Å². The van der Waals surface area contributed by atoms with Crippen LogP contribution in [0.15, 0.2) is 4.99 Å². The standard InChI is InChI=1S/C49H101N5O5/c1-6-9-12-15-19-28-35-45-58-48(55)39-31-24-21-26-33-42-54(43-36-40-50-49(51-52-56)53(4)5)41-32-25-18-20-27-34-44-57-46-59-47(37-29-22-16-13-10-7-2)38-30-23-17-14-11-8-3/h47,52,56H,6-46H2,1-5H3,(H,50,51). The number of unbranched alkanes of at least 4 members (excludes halogenated alkanes) is 25. The van der Waals surface area contributed by atoms with Crippen LogP contribution in [0.2, 0.25) is 0 Å². The van der Waals surface area contributed by atoms with Crippen LogP contribution in [0.4, 0.5) is 0 Å². The first kappa shape index (κ1) is 57.5. The van der Waals surface area contributed by atoms with E-state index in [2.05, 4.69) is 36.1 Å². The van der Waals surface area contributed by atoms with E-state index in [4.69, 9.17) is 19.4 Å². The van der Waals surface area contributed by atoms with Crippen molar-refractivity contribution in [2.75, 3.05) is 60.3 Å². The molecule has 10 nitrogen and oxygen atoms in total. The molecule has 0 aliphatic rings. The van der Waals surface area contributed by atoms with E-state index in [9.17, 15) is 4.79 Å². The predicted octanol–water partition coefficient (Wildman–Crippen LogP) is 12.9. The Morgan fingerprint density at radius 3 is 1.51 bits per heavy atom. The maximum absolute atomic E-state index is 12.1. The highest BCUT2D eigenvalue weighted by Crippen LogP contribution is 2.17. The summed E-state index contributed by atoms with van der Waals surface area (Å²) in [7, 11) is 3.81. The SMILES string of the molecule is CCCCCCCCCOC(=O)CCCCCCCN(CCCCCCCCOCOC(CCCCCCCC)CCCCCCCC)CCCN=C(NNO)N(C)C. The topological polar surface area (TPSA) is 108 Å². The largest absolute Gasteiger partial charge is 0.466 e. The molecule has 59 heavy (non-hydrogen) atoms. The van der Waals surface area contributed by atoms with Gasteiger partial charge in [0.1, 0.15) is 6.79 Å². The van der Waals surface area contributed by atoms with Gasteiger partial charge in [-0.25, -0.2) is 0 Å². The van der Waals surface area contributed by atoms with Crippen molar-refractivity contribution < 1.29 is 24.2 Å². The number of ether oxygens (including phenoxy) is 3. The fourth-order valence-corrected chi connectivity index (χ4v) is 7.68. The lowest BCUT2D eigenvalue weighted by molar-refractivity contribution is -0.143. The molecule has 0 aliphatic heterocycles. The highest BCUT2D eigenvalue weighted by molar-refractivity contribution is 5.78. The average molecular weight is 840 g/mol. The van der Waals surface area contributed by atoms with Gasteiger partial charge in [-0.2, -0.15) is 0 Å². The first-order valence-corrected chi connectivity index (χ1v) is 25.4. The number of hydrazine groups is 1. The van der Waals surface area contributed by atoms with Crippen LogP contribution in [0.3, 0.4) is 0 Å². The third-order valence-corrected chi connectivity index (χ3v) is 11.5. The fourth-order valence-electron chi connectivity index (χ4n) is 7.68. The van der Waals surface area contributed by atoms with Crippen molar-refractivity contribution in [3.63, 3.8) is 0 Å². The molecular formula is C49H101N5O5. The molecule has 0 aliphatic carbocycles. The zero-order valence-electron chi connectivity index (χ0n) is 40.0. The van der Waals surface area contributed by atoms with E-state index in [0.717, 1.165) is 58.3 Å². The summed E-state index contributed by atoms with van der Waals surface area (Å²) < 4.78 is 17.7. The average Bonchev–Trinajstić information content (AvgIpc) is 3.23. The van der Waals surface area contributed by atoms with Crippen LogP contribution in [0.5, 0.6) is 0 Å². The van der Waals surface area contributed by atoms with Crippen molar-refractivity contribution in [2.24, 2.45) is 4.99 Å². The number of carbonyl (C=O) groups excluding carboxylic acids is 1. The number of hydrogen-bond donors (Lipinski definition) is 3. The maximum atomic E-state index is 12.1. The number of hydrogen-bond acceptors (Lipinski definition) is 8. The fraction of sp³-hybridized carbons (Fsp3) is 0.959. The lowest BCUT2D eigenvalue weighted by Crippen LogP contribution is -2.43. The Kier molecular flexibility index (Phi) is 46.4. The van der Waals surface area contributed by atoms with Gasteiger partial charge in [0, 0.05) is 33.7 Å². The molecule has 0 spiro atoms. The predicted molar refractivity (Wildman–Crippen MR) is 251 cm³/mol. The Hall–Kier alpha value is -1.46. The second kappa shape index (κ2) is 47.6. The van der Waals surface area contributed by atoms with Crippen molar-refractivity contribution in [3.8, 4) is 0 Å². The van der Waals surface area contributed by atoms with Gasteiger partial charge in [-0.1, -0.05) is 181 Å². The molecule has 0 unspecified atom stereocenters. The van der Waals surface area contributed by atoms with E-state index in [1.165, 1.54) is 180 Å². The summed E-state index contributed by atoms with van der Waals surface area (Å²) in [6.45, 7) is 12.6. The van der Waals surface area contributed by atoms with Crippen LogP contribution in [-0.4, -0.2) is 93.3 Å². The van der Waals surface area contributed by atoms with Crippen molar-refractivity contribution >= 4 is 11.9 Å². The Morgan fingerprint density at radius 1 is 0.559 bits per heavy atom. The molecule has 0 aromatic rings. The zero-order valence-corrected chi connectivity index (χ0v) is 40.0. The van der Waals surface area contributed by atoms with Crippen LogP contribution >= 0.6 is 0 Å². The van der Waals surface area contributed by atoms with Gasteiger partial charge in [0.15, 0.2) is 0 Å². The highest BCUT2D eigenvalue weighted by atomic mass is 16.7. The summed E-state index contributed by atoms with van der Waals surface area (Å²) in [4.78, 5) is 21.2. The molecule has 0 atom stereocenters. The van der Waals surface area contributed by atoms with E-state index in [0.29, 0.717) is 38.4 Å². The number of aliphatic imine (C=N–C) groups is 1. The Balaban J connectivity index is 4.32. The number of guanidine groups is 1. The minimum absolute atomic E-state index is 0.0217. The molecule has 0 rings (SSSR count). The molecule has 0 radical (unpaired) electrons. The second-order valence-corrected chi connectivity index (χ2v) is 17.4. The smallest absolute Gasteiger partial charge is 0.305 e. The molecule has 0 heterocycles. The number of carbonyl (C=O) groups is 1. The van der Waals surface area contributed by atoms with Gasteiger partial charge in [0.25, 0.3) is 0 Å². The first-order chi connectivity index (χ1) is 29.0. The van der Waals surface area contributed by atoms with Gasteiger partial charge in [0.2, 0.25) is 5.96 Å². The summed E-state index contributed by atoms with van der Waals surface area (Å²) >= 11 is 0. The molecule has 10 heteroatoms. The molecule has 3 N–H and O–H groups in total. The van der Waals surface area contributed by atoms with Gasteiger partial charge in [-0.05, 0) is 71.0 Å². The molecule has 0 aromatic heterocycles. The van der Waals surface area contributed by atoms with E-state index in [1.807, 2.05) is 24.6 Å². The summed E-state index contributed by atoms with van der Waals surface area (Å²) in [5.41, 5.74) is 4.68. The van der Waals surface area contributed by atoms with Crippen LogP contribution in [0, 0.1) is 0 Å². The number of nitrogens with one attached hydrogen (secondary N) is 2. The normalized spacial score (nSPS) is 12.0. The number of esters is 1. The summed E-state index contributed by atoms with van der Waals surface area (Å²) in [6.07, 6.45) is 42.0. The minimum Gasteiger partial charge on any atom is -0.466 e. The second-order valence-electron chi connectivity index (χ2n) is 17.4. The Labute approximate surface area is 366 Å².